The van der Waals surface area contributed by atoms with Gasteiger partial charge in [-0.25, -0.2) is 9.37 Å². The molecule has 2 atom stereocenters. The van der Waals surface area contributed by atoms with E-state index in [2.05, 4.69) is 20.6 Å². The fraction of sp³-hybridized carbons (Fsp3) is 0.368. The number of halogens is 1. The number of guanidine groups is 1. The number of nitrogens with one attached hydrogen (secondary N) is 2. The topological polar surface area (TPSA) is 69.6 Å². The summed E-state index contributed by atoms with van der Waals surface area (Å²) in [5.74, 6) is 1.25. The van der Waals surface area contributed by atoms with E-state index in [0.717, 1.165) is 17.9 Å². The molecule has 0 amide bonds. The van der Waals surface area contributed by atoms with Gasteiger partial charge in [0.25, 0.3) is 0 Å². The first-order chi connectivity index (χ1) is 13.2. The van der Waals surface area contributed by atoms with Crippen molar-refractivity contribution in [3.05, 3.63) is 54.5 Å². The van der Waals surface area contributed by atoms with Crippen LogP contribution in [0.2, 0.25) is 0 Å². The molecule has 27 heavy (non-hydrogen) atoms. The summed E-state index contributed by atoms with van der Waals surface area (Å²) >= 11 is 0. The van der Waals surface area contributed by atoms with E-state index in [4.69, 9.17) is 0 Å². The number of aliphatic imine (C=N–C) groups is 1. The van der Waals surface area contributed by atoms with Crippen molar-refractivity contribution >= 4 is 22.6 Å². The van der Waals surface area contributed by atoms with Crippen molar-refractivity contribution in [3.63, 3.8) is 0 Å². The van der Waals surface area contributed by atoms with Crippen molar-refractivity contribution in [3.8, 4) is 0 Å². The lowest BCUT2D eigenvalue weighted by Gasteiger charge is -2.19. The predicted molar refractivity (Wildman–Crippen MR) is 107 cm³/mol. The lowest BCUT2D eigenvalue weighted by atomic mass is 10.3. The Morgan fingerprint density at radius 1 is 1.33 bits per heavy atom. The molecule has 8 heteroatoms. The summed E-state index contributed by atoms with van der Waals surface area (Å²) in [4.78, 5) is 11.1. The molecular weight excluding hydrogens is 365 g/mol. The fourth-order valence-electron chi connectivity index (χ4n) is 3.02. The summed E-state index contributed by atoms with van der Waals surface area (Å²) in [6.07, 6.45) is 2.47. The van der Waals surface area contributed by atoms with Crippen molar-refractivity contribution in [1.29, 1.82) is 0 Å². The van der Waals surface area contributed by atoms with Crippen LogP contribution in [0, 0.1) is 5.82 Å². The monoisotopic (exact) mass is 389 g/mol. The summed E-state index contributed by atoms with van der Waals surface area (Å²) in [5.41, 5.74) is 0. The van der Waals surface area contributed by atoms with Crippen LogP contribution in [0.15, 0.2) is 58.5 Å². The molecular formula is C19H24FN5OS. The summed E-state index contributed by atoms with van der Waals surface area (Å²) in [6, 6.07) is 12.6. The molecule has 3 rings (SSSR count). The minimum atomic E-state index is -1.04. The first kappa shape index (κ1) is 19.3. The van der Waals surface area contributed by atoms with Gasteiger partial charge >= 0.3 is 0 Å². The number of hydrogen-bond acceptors (Lipinski definition) is 4. The molecule has 2 unspecified atom stereocenters. The molecule has 1 fully saturated rings. The molecule has 1 aliphatic heterocycles. The number of rotatable bonds is 6. The molecule has 144 valence electrons. The molecule has 0 aliphatic carbocycles. The standard InChI is InChI=1S/C19H24FN5OS/c1-21-19(23-11-13-27(26)16-6-3-2-4-7-16)24-15-9-12-25(14-15)18-17(20)8-5-10-22-18/h2-8,10,15H,9,11-14H2,1H3,(H2,21,23,24). The molecule has 1 aromatic heterocycles. The Morgan fingerprint density at radius 2 is 2.15 bits per heavy atom. The van der Waals surface area contributed by atoms with Gasteiger partial charge in [-0.2, -0.15) is 0 Å². The minimum Gasteiger partial charge on any atom is -0.355 e. The maximum absolute atomic E-state index is 13.9. The van der Waals surface area contributed by atoms with Gasteiger partial charge in [0.1, 0.15) is 0 Å². The van der Waals surface area contributed by atoms with Gasteiger partial charge in [0, 0.05) is 49.6 Å². The number of anilines is 1. The van der Waals surface area contributed by atoms with Gasteiger partial charge in [-0.15, -0.1) is 0 Å². The molecule has 6 nitrogen and oxygen atoms in total. The van der Waals surface area contributed by atoms with Gasteiger partial charge < -0.3 is 15.5 Å². The van der Waals surface area contributed by atoms with E-state index in [-0.39, 0.29) is 11.9 Å². The largest absolute Gasteiger partial charge is 0.355 e. The molecule has 0 saturated carbocycles. The number of pyridine rings is 1. The highest BCUT2D eigenvalue weighted by Crippen LogP contribution is 2.20. The quantitative estimate of drug-likeness (QED) is 0.582. The van der Waals surface area contributed by atoms with Crippen LogP contribution in [0.5, 0.6) is 0 Å². The zero-order chi connectivity index (χ0) is 19.1. The van der Waals surface area contributed by atoms with E-state index in [1.165, 1.54) is 6.07 Å². The number of benzene rings is 1. The van der Waals surface area contributed by atoms with E-state index in [9.17, 15) is 8.60 Å². The maximum atomic E-state index is 13.9. The van der Waals surface area contributed by atoms with Gasteiger partial charge in [-0.3, -0.25) is 9.20 Å². The highest BCUT2D eigenvalue weighted by atomic mass is 32.2. The highest BCUT2D eigenvalue weighted by molar-refractivity contribution is 7.85. The Hall–Kier alpha value is -2.48. The smallest absolute Gasteiger partial charge is 0.191 e. The first-order valence-electron chi connectivity index (χ1n) is 8.93. The Balaban J connectivity index is 1.46. The second-order valence-corrected chi connectivity index (χ2v) is 7.82. The van der Waals surface area contributed by atoms with Crippen LogP contribution in [-0.2, 0) is 10.8 Å². The lowest BCUT2D eigenvalue weighted by Crippen LogP contribution is -2.45. The van der Waals surface area contributed by atoms with Crippen molar-refractivity contribution in [2.75, 3.05) is 37.3 Å². The Morgan fingerprint density at radius 3 is 2.89 bits per heavy atom. The van der Waals surface area contributed by atoms with Gasteiger partial charge in [-0.05, 0) is 30.7 Å². The second-order valence-electron chi connectivity index (χ2n) is 6.25. The van der Waals surface area contributed by atoms with Crippen molar-refractivity contribution in [2.45, 2.75) is 17.4 Å². The third kappa shape index (κ3) is 5.26. The molecule has 1 saturated heterocycles. The molecule has 1 aromatic carbocycles. The van der Waals surface area contributed by atoms with Gasteiger partial charge in [-0.1, -0.05) is 18.2 Å². The van der Waals surface area contributed by atoms with E-state index in [0.29, 0.717) is 30.6 Å². The number of aromatic nitrogens is 1. The molecule has 1 aliphatic rings. The van der Waals surface area contributed by atoms with Gasteiger partial charge in [0.05, 0.1) is 10.8 Å². The molecule has 2 aromatic rings. The SMILES string of the molecule is CN=C(NCCS(=O)c1ccccc1)NC1CCN(c2ncccc2F)C1. The van der Waals surface area contributed by atoms with Crippen LogP contribution in [0.4, 0.5) is 10.2 Å². The van der Waals surface area contributed by atoms with Crippen LogP contribution < -0.4 is 15.5 Å². The van der Waals surface area contributed by atoms with Crippen molar-refractivity contribution in [1.82, 2.24) is 15.6 Å². The van der Waals surface area contributed by atoms with Gasteiger partial charge in [0.15, 0.2) is 17.6 Å². The summed E-state index contributed by atoms with van der Waals surface area (Å²) < 4.78 is 26.1. The predicted octanol–water partition coefficient (Wildman–Crippen LogP) is 1.77. The minimum absolute atomic E-state index is 0.150. The second kappa shape index (κ2) is 9.45. The average molecular weight is 390 g/mol. The van der Waals surface area contributed by atoms with Gasteiger partial charge in [0.2, 0.25) is 0 Å². The van der Waals surface area contributed by atoms with Crippen LogP contribution in [0.25, 0.3) is 0 Å². The summed E-state index contributed by atoms with van der Waals surface area (Å²) in [7, 11) is 0.661. The first-order valence-corrected chi connectivity index (χ1v) is 10.3. The van der Waals surface area contributed by atoms with Crippen LogP contribution in [0.3, 0.4) is 0 Å². The Bertz CT molecular complexity index is 802. The van der Waals surface area contributed by atoms with E-state index < -0.39 is 10.8 Å². The Labute approximate surface area is 161 Å². The summed E-state index contributed by atoms with van der Waals surface area (Å²) in [6.45, 7) is 1.94. The fourth-order valence-corrected chi connectivity index (χ4v) is 4.00. The summed E-state index contributed by atoms with van der Waals surface area (Å²) in [5, 5.41) is 6.55. The zero-order valence-corrected chi connectivity index (χ0v) is 16.1. The Kier molecular flexibility index (Phi) is 6.75. The molecule has 0 bridgehead atoms. The normalized spacial score (nSPS) is 18.4. The number of nitrogens with zero attached hydrogens (tertiary/aromatic N) is 3. The number of hydrogen-bond donors (Lipinski definition) is 2. The van der Waals surface area contributed by atoms with Crippen LogP contribution in [0.1, 0.15) is 6.42 Å². The highest BCUT2D eigenvalue weighted by Gasteiger charge is 2.25. The van der Waals surface area contributed by atoms with E-state index >= 15 is 0 Å². The van der Waals surface area contributed by atoms with E-state index in [1.807, 2.05) is 35.2 Å². The average Bonchev–Trinajstić information content (AvgIpc) is 3.16. The van der Waals surface area contributed by atoms with Crippen molar-refractivity contribution in [2.24, 2.45) is 4.99 Å². The maximum Gasteiger partial charge on any atom is 0.191 e. The van der Waals surface area contributed by atoms with E-state index in [1.54, 1.807) is 19.3 Å². The molecule has 0 radical (unpaired) electrons. The third-order valence-corrected chi connectivity index (χ3v) is 5.75. The van der Waals surface area contributed by atoms with Crippen molar-refractivity contribution < 1.29 is 8.60 Å². The zero-order valence-electron chi connectivity index (χ0n) is 15.3. The molecule has 2 heterocycles. The van der Waals surface area contributed by atoms with Crippen LogP contribution in [-0.4, -0.2) is 53.6 Å². The van der Waals surface area contributed by atoms with Crippen LogP contribution >= 0.6 is 0 Å². The molecule has 0 spiro atoms. The molecule has 2 N–H and O–H groups in total. The lowest BCUT2D eigenvalue weighted by molar-refractivity contribution is 0.612. The third-order valence-electron chi connectivity index (χ3n) is 4.38.